The normalized spacial score (nSPS) is 16.5. The lowest BCUT2D eigenvalue weighted by Gasteiger charge is -2.35. The number of phenolic OH excluding ortho intramolecular Hbond substituents is 1. The molecule has 0 atom stereocenters. The van der Waals surface area contributed by atoms with Crippen molar-refractivity contribution in [2.75, 3.05) is 49.7 Å². The summed E-state index contributed by atoms with van der Waals surface area (Å²) in [5, 5.41) is 12.3. The van der Waals surface area contributed by atoms with E-state index in [9.17, 15) is 9.90 Å². The molecule has 2 N–H and O–H groups in total. The molecular weight excluding hydrogens is 334 g/mol. The Morgan fingerprint density at radius 3 is 2.50 bits per heavy atom. The summed E-state index contributed by atoms with van der Waals surface area (Å²) in [7, 11) is 0. The Morgan fingerprint density at radius 1 is 1.00 bits per heavy atom. The Labute approximate surface area is 151 Å². The van der Waals surface area contributed by atoms with Crippen LogP contribution in [0.4, 0.5) is 11.4 Å². The molecule has 7 nitrogen and oxygen atoms in total. The standard InChI is InChI=1S/C19H21N3O4/c23-16-4-2-15(3-5-16)22-9-7-21(8-10-22)12-19(24)20-14-1-6-17-18(11-14)26-13-25-17/h1-6,11,23H,7-10,12-13H2,(H,20,24). The zero-order chi connectivity index (χ0) is 17.9. The van der Waals surface area contributed by atoms with Crippen molar-refractivity contribution in [2.45, 2.75) is 0 Å². The molecule has 0 unspecified atom stereocenters. The third-order valence-electron chi connectivity index (χ3n) is 4.61. The highest BCUT2D eigenvalue weighted by Gasteiger charge is 2.20. The topological polar surface area (TPSA) is 74.3 Å². The summed E-state index contributed by atoms with van der Waals surface area (Å²) in [5.74, 6) is 1.59. The van der Waals surface area contributed by atoms with Crippen molar-refractivity contribution in [2.24, 2.45) is 0 Å². The van der Waals surface area contributed by atoms with Gasteiger partial charge in [-0.3, -0.25) is 9.69 Å². The van der Waals surface area contributed by atoms with Crippen LogP contribution in [-0.4, -0.2) is 55.4 Å². The number of amides is 1. The number of carbonyl (C=O) groups is 1. The van der Waals surface area contributed by atoms with Gasteiger partial charge in [-0.1, -0.05) is 0 Å². The van der Waals surface area contributed by atoms with Crippen molar-refractivity contribution in [3.63, 3.8) is 0 Å². The third-order valence-corrected chi connectivity index (χ3v) is 4.61. The van der Waals surface area contributed by atoms with Crippen molar-refractivity contribution in [3.8, 4) is 17.2 Å². The van der Waals surface area contributed by atoms with Gasteiger partial charge in [0.1, 0.15) is 5.75 Å². The van der Waals surface area contributed by atoms with Crippen LogP contribution in [0.2, 0.25) is 0 Å². The first-order valence-corrected chi connectivity index (χ1v) is 8.63. The number of aromatic hydroxyl groups is 1. The Hall–Kier alpha value is -2.93. The average molecular weight is 355 g/mol. The molecule has 4 rings (SSSR count). The number of nitrogens with one attached hydrogen (secondary N) is 1. The number of nitrogens with zero attached hydrogens (tertiary/aromatic N) is 2. The summed E-state index contributed by atoms with van der Waals surface area (Å²) < 4.78 is 10.6. The van der Waals surface area contributed by atoms with Crippen molar-refractivity contribution < 1.29 is 19.4 Å². The van der Waals surface area contributed by atoms with Crippen LogP contribution in [0, 0.1) is 0 Å². The predicted octanol–water partition coefficient (Wildman–Crippen LogP) is 1.88. The second-order valence-corrected chi connectivity index (χ2v) is 6.40. The van der Waals surface area contributed by atoms with Gasteiger partial charge >= 0.3 is 0 Å². The highest BCUT2D eigenvalue weighted by atomic mass is 16.7. The lowest BCUT2D eigenvalue weighted by atomic mass is 10.2. The smallest absolute Gasteiger partial charge is 0.238 e. The van der Waals surface area contributed by atoms with Crippen LogP contribution >= 0.6 is 0 Å². The first-order chi connectivity index (χ1) is 12.7. The number of benzene rings is 2. The van der Waals surface area contributed by atoms with Gasteiger partial charge in [0.05, 0.1) is 6.54 Å². The van der Waals surface area contributed by atoms with E-state index in [-0.39, 0.29) is 18.4 Å². The molecule has 0 aliphatic carbocycles. The molecule has 0 spiro atoms. The molecule has 0 saturated carbocycles. The van der Waals surface area contributed by atoms with Crippen LogP contribution in [0.25, 0.3) is 0 Å². The van der Waals surface area contributed by atoms with Gasteiger partial charge in [0.2, 0.25) is 12.7 Å². The van der Waals surface area contributed by atoms with Crippen LogP contribution in [0.1, 0.15) is 0 Å². The number of ether oxygens (including phenoxy) is 2. The van der Waals surface area contributed by atoms with Crippen LogP contribution in [-0.2, 0) is 4.79 Å². The van der Waals surface area contributed by atoms with Gasteiger partial charge in [-0.15, -0.1) is 0 Å². The molecule has 0 radical (unpaired) electrons. The number of piperazine rings is 1. The lowest BCUT2D eigenvalue weighted by Crippen LogP contribution is -2.48. The zero-order valence-corrected chi connectivity index (χ0v) is 14.4. The van der Waals surface area contributed by atoms with E-state index >= 15 is 0 Å². The number of rotatable bonds is 4. The van der Waals surface area contributed by atoms with Gasteiger partial charge < -0.3 is 24.8 Å². The lowest BCUT2D eigenvalue weighted by molar-refractivity contribution is -0.117. The predicted molar refractivity (Wildman–Crippen MR) is 98.0 cm³/mol. The van der Waals surface area contributed by atoms with Crippen molar-refractivity contribution in [3.05, 3.63) is 42.5 Å². The molecule has 0 bridgehead atoms. The van der Waals surface area contributed by atoms with E-state index in [1.54, 1.807) is 24.3 Å². The van der Waals surface area contributed by atoms with Crippen molar-refractivity contribution in [1.29, 1.82) is 0 Å². The maximum Gasteiger partial charge on any atom is 0.238 e. The summed E-state index contributed by atoms with van der Waals surface area (Å²) >= 11 is 0. The SMILES string of the molecule is O=C(CN1CCN(c2ccc(O)cc2)CC1)Nc1ccc2c(c1)OCO2. The largest absolute Gasteiger partial charge is 0.508 e. The van der Waals surface area contributed by atoms with E-state index in [2.05, 4.69) is 15.1 Å². The van der Waals surface area contributed by atoms with E-state index in [0.717, 1.165) is 31.9 Å². The summed E-state index contributed by atoms with van der Waals surface area (Å²) in [6.07, 6.45) is 0. The van der Waals surface area contributed by atoms with E-state index < -0.39 is 0 Å². The Morgan fingerprint density at radius 2 is 1.73 bits per heavy atom. The average Bonchev–Trinajstić information content (AvgIpc) is 3.11. The molecule has 7 heteroatoms. The Balaban J connectivity index is 1.27. The maximum absolute atomic E-state index is 12.3. The van der Waals surface area contributed by atoms with Crippen LogP contribution in [0.3, 0.4) is 0 Å². The van der Waals surface area contributed by atoms with Gasteiger partial charge in [-0.2, -0.15) is 0 Å². The molecule has 1 fully saturated rings. The maximum atomic E-state index is 12.3. The third kappa shape index (κ3) is 3.67. The quantitative estimate of drug-likeness (QED) is 0.872. The van der Waals surface area contributed by atoms with Crippen LogP contribution < -0.4 is 19.7 Å². The number of phenols is 1. The second-order valence-electron chi connectivity index (χ2n) is 6.40. The number of carbonyl (C=O) groups excluding carboxylic acids is 1. The Bertz CT molecular complexity index is 786. The molecule has 2 aliphatic heterocycles. The fraction of sp³-hybridized carbons (Fsp3) is 0.316. The molecule has 1 saturated heterocycles. The first-order valence-electron chi connectivity index (χ1n) is 8.63. The molecule has 2 aromatic carbocycles. The van der Waals surface area contributed by atoms with Crippen molar-refractivity contribution in [1.82, 2.24) is 4.90 Å². The highest BCUT2D eigenvalue weighted by molar-refractivity contribution is 5.92. The summed E-state index contributed by atoms with van der Waals surface area (Å²) in [4.78, 5) is 16.7. The van der Waals surface area contributed by atoms with Crippen LogP contribution in [0.15, 0.2) is 42.5 Å². The summed E-state index contributed by atoms with van der Waals surface area (Å²) in [6, 6.07) is 12.6. The first kappa shape index (κ1) is 16.5. The van der Waals surface area contributed by atoms with Gasteiger partial charge in [0.25, 0.3) is 0 Å². The van der Waals surface area contributed by atoms with E-state index in [1.165, 1.54) is 0 Å². The summed E-state index contributed by atoms with van der Waals surface area (Å²) in [5.41, 5.74) is 1.80. The fourth-order valence-corrected chi connectivity index (χ4v) is 3.21. The van der Waals surface area contributed by atoms with Gasteiger partial charge in [-0.25, -0.2) is 0 Å². The number of hydrogen-bond donors (Lipinski definition) is 2. The summed E-state index contributed by atoms with van der Waals surface area (Å²) in [6.45, 7) is 3.91. The van der Waals surface area contributed by atoms with Gasteiger partial charge in [-0.05, 0) is 36.4 Å². The monoisotopic (exact) mass is 355 g/mol. The molecule has 136 valence electrons. The van der Waals surface area contributed by atoms with Gasteiger partial charge in [0, 0.05) is 43.6 Å². The minimum atomic E-state index is -0.0399. The minimum absolute atomic E-state index is 0.0399. The van der Waals surface area contributed by atoms with Crippen LogP contribution in [0.5, 0.6) is 17.2 Å². The van der Waals surface area contributed by atoms with E-state index in [0.29, 0.717) is 23.7 Å². The van der Waals surface area contributed by atoms with Gasteiger partial charge in [0.15, 0.2) is 11.5 Å². The Kier molecular flexibility index (Phi) is 4.53. The molecule has 0 aromatic heterocycles. The molecule has 2 aliphatic rings. The molecule has 26 heavy (non-hydrogen) atoms. The van der Waals surface area contributed by atoms with Crippen molar-refractivity contribution >= 4 is 17.3 Å². The molecular formula is C19H21N3O4. The minimum Gasteiger partial charge on any atom is -0.508 e. The number of hydrogen-bond acceptors (Lipinski definition) is 6. The molecule has 2 heterocycles. The van der Waals surface area contributed by atoms with E-state index in [4.69, 9.17) is 9.47 Å². The molecule has 1 amide bonds. The highest BCUT2D eigenvalue weighted by Crippen LogP contribution is 2.34. The number of anilines is 2. The fourth-order valence-electron chi connectivity index (χ4n) is 3.21. The zero-order valence-electron chi connectivity index (χ0n) is 14.4. The van der Waals surface area contributed by atoms with E-state index in [1.807, 2.05) is 18.2 Å². The second kappa shape index (κ2) is 7.13. The molecule has 2 aromatic rings. The number of fused-ring (bicyclic) bond motifs is 1.